The highest BCUT2D eigenvalue weighted by molar-refractivity contribution is 5.85. The normalized spacial score (nSPS) is 10.7. The molecule has 0 aliphatic carbocycles. The van der Waals surface area contributed by atoms with Gasteiger partial charge in [0.15, 0.2) is 0 Å². The largest absolute Gasteiger partial charge is 0.478 e. The molecule has 0 aliphatic rings. The molecule has 0 rings (SSSR count). The number of rotatable bonds is 6. The molecule has 0 atom stereocenters. The van der Waals surface area contributed by atoms with E-state index in [4.69, 9.17) is 14.9 Å². The summed E-state index contributed by atoms with van der Waals surface area (Å²) in [7, 11) is 0. The lowest BCUT2D eigenvalue weighted by atomic mass is 10.2. The second kappa shape index (κ2) is 16.5. The minimum Gasteiger partial charge on any atom is -0.478 e. The first kappa shape index (κ1) is 27.5. The van der Waals surface area contributed by atoms with Crippen molar-refractivity contribution in [3.8, 4) is 0 Å². The van der Waals surface area contributed by atoms with Gasteiger partial charge in [0.25, 0.3) is 0 Å². The molecule has 0 saturated heterocycles. The standard InChI is InChI=1S/2C7H12O2.C5H8O2/c1-5-6(8)9-7(2,3)4;1-2-3-4-5-6-7(8)9;1-3-4(2)5(6)7/h5H,1H2,2-4H3;5-6H,2-4H2,1H3,(H,8,9);3H,1-2H3,(H,6,7). The second-order valence-electron chi connectivity index (χ2n) is 5.90. The number of hydrogen-bond acceptors (Lipinski definition) is 4. The summed E-state index contributed by atoms with van der Waals surface area (Å²) in [5, 5.41) is 16.2. The van der Waals surface area contributed by atoms with Crippen LogP contribution in [0.2, 0.25) is 0 Å². The fourth-order valence-corrected chi connectivity index (χ4v) is 0.973. The summed E-state index contributed by atoms with van der Waals surface area (Å²) < 4.78 is 4.83. The number of aliphatic carboxylic acids is 2. The highest BCUT2D eigenvalue weighted by atomic mass is 16.6. The Morgan fingerprint density at radius 1 is 1.16 bits per heavy atom. The topological polar surface area (TPSA) is 101 Å². The van der Waals surface area contributed by atoms with Crippen molar-refractivity contribution in [2.45, 2.75) is 66.4 Å². The first-order chi connectivity index (χ1) is 11.4. The average molecular weight is 356 g/mol. The number of allylic oxidation sites excluding steroid dienone is 2. The maximum absolute atomic E-state index is 10.5. The van der Waals surface area contributed by atoms with Crippen LogP contribution in [0.15, 0.2) is 36.5 Å². The van der Waals surface area contributed by atoms with Crippen molar-refractivity contribution in [1.29, 1.82) is 0 Å². The van der Waals surface area contributed by atoms with Gasteiger partial charge in [0.1, 0.15) is 5.60 Å². The van der Waals surface area contributed by atoms with Crippen LogP contribution in [0.1, 0.15) is 60.8 Å². The summed E-state index contributed by atoms with van der Waals surface area (Å²) in [6.45, 7) is 14.0. The number of unbranched alkanes of at least 4 members (excludes halogenated alkanes) is 2. The predicted molar refractivity (Wildman–Crippen MR) is 99.4 cm³/mol. The Hall–Kier alpha value is -2.37. The van der Waals surface area contributed by atoms with Crippen LogP contribution in [0.3, 0.4) is 0 Å². The lowest BCUT2D eigenvalue weighted by molar-refractivity contribution is -0.148. The average Bonchev–Trinajstić information content (AvgIpc) is 2.50. The highest BCUT2D eigenvalue weighted by Gasteiger charge is 2.12. The van der Waals surface area contributed by atoms with Gasteiger partial charge in [-0.05, 0) is 41.0 Å². The first-order valence-electron chi connectivity index (χ1n) is 8.02. The summed E-state index contributed by atoms with van der Waals surface area (Å²) in [6, 6.07) is 0. The van der Waals surface area contributed by atoms with E-state index in [0.29, 0.717) is 5.57 Å². The van der Waals surface area contributed by atoms with Gasteiger partial charge in [-0.25, -0.2) is 14.4 Å². The molecule has 25 heavy (non-hydrogen) atoms. The van der Waals surface area contributed by atoms with Gasteiger partial charge < -0.3 is 14.9 Å². The zero-order valence-corrected chi connectivity index (χ0v) is 16.2. The number of carboxylic acid groups (broad SMARTS) is 2. The van der Waals surface area contributed by atoms with Crippen LogP contribution in [0, 0.1) is 0 Å². The van der Waals surface area contributed by atoms with Gasteiger partial charge in [-0.1, -0.05) is 38.5 Å². The van der Waals surface area contributed by atoms with Gasteiger partial charge in [0.05, 0.1) is 0 Å². The third-order valence-corrected chi connectivity index (χ3v) is 2.33. The van der Waals surface area contributed by atoms with Gasteiger partial charge in [0.2, 0.25) is 0 Å². The van der Waals surface area contributed by atoms with E-state index in [1.165, 1.54) is 6.08 Å². The van der Waals surface area contributed by atoms with Crippen LogP contribution in [-0.4, -0.2) is 33.7 Å². The third-order valence-electron chi connectivity index (χ3n) is 2.33. The molecule has 0 saturated carbocycles. The lowest BCUT2D eigenvalue weighted by Gasteiger charge is -2.17. The van der Waals surface area contributed by atoms with Crippen LogP contribution in [0.4, 0.5) is 0 Å². The quantitative estimate of drug-likeness (QED) is 0.416. The number of ether oxygens (including phenoxy) is 1. The molecule has 0 amide bonds. The van der Waals surface area contributed by atoms with E-state index in [1.807, 2.05) is 20.8 Å². The van der Waals surface area contributed by atoms with Crippen LogP contribution in [0.5, 0.6) is 0 Å². The van der Waals surface area contributed by atoms with Crippen LogP contribution in [0.25, 0.3) is 0 Å². The molecule has 0 aliphatic heterocycles. The number of carbonyl (C=O) groups excluding carboxylic acids is 1. The Balaban J connectivity index is -0.000000293. The predicted octanol–water partition coefficient (Wildman–Crippen LogP) is 4.37. The molecule has 144 valence electrons. The van der Waals surface area contributed by atoms with Crippen molar-refractivity contribution in [2.24, 2.45) is 0 Å². The van der Waals surface area contributed by atoms with E-state index in [1.54, 1.807) is 26.0 Å². The summed E-state index contributed by atoms with van der Waals surface area (Å²) in [4.78, 5) is 30.2. The van der Waals surface area contributed by atoms with Crippen molar-refractivity contribution in [3.05, 3.63) is 36.5 Å². The first-order valence-corrected chi connectivity index (χ1v) is 8.02. The van der Waals surface area contributed by atoms with Crippen molar-refractivity contribution in [3.63, 3.8) is 0 Å². The molecule has 6 nitrogen and oxygen atoms in total. The summed E-state index contributed by atoms with van der Waals surface area (Å²) in [5.41, 5.74) is -0.00866. The van der Waals surface area contributed by atoms with Gasteiger partial charge in [-0.3, -0.25) is 0 Å². The van der Waals surface area contributed by atoms with Gasteiger partial charge in [0, 0.05) is 17.7 Å². The fourth-order valence-electron chi connectivity index (χ4n) is 0.973. The molecule has 0 heterocycles. The fraction of sp³-hybridized carbons (Fsp3) is 0.526. The van der Waals surface area contributed by atoms with Crippen LogP contribution >= 0.6 is 0 Å². The number of carbonyl (C=O) groups is 3. The minimum atomic E-state index is -0.855. The van der Waals surface area contributed by atoms with E-state index in [9.17, 15) is 14.4 Å². The van der Waals surface area contributed by atoms with Crippen molar-refractivity contribution >= 4 is 17.9 Å². The molecule has 0 spiro atoms. The smallest absolute Gasteiger partial charge is 0.330 e. The van der Waals surface area contributed by atoms with Crippen molar-refractivity contribution < 1.29 is 29.3 Å². The molecular weight excluding hydrogens is 324 g/mol. The SMILES string of the molecule is C=CC(=O)OC(C)(C)C.CC=C(C)C(=O)O.CCCCC=CC(=O)O. The van der Waals surface area contributed by atoms with Crippen molar-refractivity contribution in [1.82, 2.24) is 0 Å². The molecule has 2 N–H and O–H groups in total. The number of hydrogen-bond donors (Lipinski definition) is 2. The zero-order valence-electron chi connectivity index (χ0n) is 16.2. The van der Waals surface area contributed by atoms with Crippen LogP contribution < -0.4 is 0 Å². The maximum atomic E-state index is 10.5. The molecular formula is C19H32O6. The Labute approximate surface area is 150 Å². The zero-order chi connectivity index (χ0) is 20.5. The Bertz CT molecular complexity index is 467. The summed E-state index contributed by atoms with van der Waals surface area (Å²) in [5.74, 6) is -2.07. The molecule has 0 aromatic carbocycles. The summed E-state index contributed by atoms with van der Waals surface area (Å²) >= 11 is 0. The molecule has 0 bridgehead atoms. The molecule has 0 aromatic heterocycles. The van der Waals surface area contributed by atoms with Gasteiger partial charge in [-0.2, -0.15) is 0 Å². The third kappa shape index (κ3) is 30.1. The number of carboxylic acids is 2. The summed E-state index contributed by atoms with van der Waals surface area (Å²) in [6.07, 6.45) is 8.66. The van der Waals surface area contributed by atoms with Crippen LogP contribution in [-0.2, 0) is 19.1 Å². The Morgan fingerprint density at radius 2 is 1.68 bits per heavy atom. The van der Waals surface area contributed by atoms with E-state index >= 15 is 0 Å². The number of esters is 1. The van der Waals surface area contributed by atoms with Gasteiger partial charge in [-0.15, -0.1) is 0 Å². The lowest BCUT2D eigenvalue weighted by Crippen LogP contribution is -2.22. The van der Waals surface area contributed by atoms with Gasteiger partial charge >= 0.3 is 17.9 Å². The second-order valence-corrected chi connectivity index (χ2v) is 5.90. The Kier molecular flexibility index (Phi) is 18.1. The van der Waals surface area contributed by atoms with E-state index in [-0.39, 0.29) is 5.97 Å². The monoisotopic (exact) mass is 356 g/mol. The van der Waals surface area contributed by atoms with E-state index in [0.717, 1.165) is 25.3 Å². The molecule has 0 radical (unpaired) electrons. The molecule has 0 unspecified atom stereocenters. The minimum absolute atomic E-state index is 0.373. The highest BCUT2D eigenvalue weighted by Crippen LogP contribution is 2.06. The molecule has 6 heteroatoms. The van der Waals surface area contributed by atoms with E-state index in [2.05, 4.69) is 13.5 Å². The maximum Gasteiger partial charge on any atom is 0.330 e. The molecule has 0 aromatic rings. The van der Waals surface area contributed by atoms with Crippen molar-refractivity contribution in [2.75, 3.05) is 0 Å². The molecule has 0 fully saturated rings. The van der Waals surface area contributed by atoms with E-state index < -0.39 is 17.5 Å². The Morgan fingerprint density at radius 3 is 1.88 bits per heavy atom.